The number of benzene rings is 1. The summed E-state index contributed by atoms with van der Waals surface area (Å²) in [4.78, 5) is 12.3. The van der Waals surface area contributed by atoms with Gasteiger partial charge in [0.15, 0.2) is 0 Å². The van der Waals surface area contributed by atoms with E-state index in [1.165, 1.54) is 11.1 Å². The first-order valence-corrected chi connectivity index (χ1v) is 6.85. The van der Waals surface area contributed by atoms with Crippen LogP contribution >= 0.6 is 0 Å². The van der Waals surface area contributed by atoms with Crippen LogP contribution in [0.15, 0.2) is 28.7 Å². The summed E-state index contributed by atoms with van der Waals surface area (Å²) in [7, 11) is 0. The highest BCUT2D eigenvalue weighted by molar-refractivity contribution is 6.05. The van der Waals surface area contributed by atoms with E-state index in [0.29, 0.717) is 11.3 Å². The van der Waals surface area contributed by atoms with Gasteiger partial charge in [-0.15, -0.1) is 0 Å². The van der Waals surface area contributed by atoms with E-state index in [1.807, 2.05) is 26.0 Å². The first-order valence-electron chi connectivity index (χ1n) is 6.85. The fourth-order valence-corrected chi connectivity index (χ4v) is 2.68. The molecule has 3 rings (SSSR count). The van der Waals surface area contributed by atoms with Crippen molar-refractivity contribution in [3.05, 3.63) is 52.5 Å². The molecule has 1 aliphatic rings. The molecule has 0 atom stereocenters. The second-order valence-corrected chi connectivity index (χ2v) is 5.15. The number of furan rings is 1. The van der Waals surface area contributed by atoms with Crippen LogP contribution in [0.5, 0.6) is 0 Å². The van der Waals surface area contributed by atoms with Gasteiger partial charge in [0, 0.05) is 12.2 Å². The molecule has 104 valence electrons. The molecule has 4 nitrogen and oxygen atoms in total. The number of hydrogen-bond donors (Lipinski definition) is 2. The summed E-state index contributed by atoms with van der Waals surface area (Å²) < 4.78 is 5.41. The Labute approximate surface area is 118 Å². The number of amides is 1. The van der Waals surface area contributed by atoms with Crippen molar-refractivity contribution in [3.63, 3.8) is 0 Å². The largest absolute Gasteiger partial charge is 0.466 e. The summed E-state index contributed by atoms with van der Waals surface area (Å²) in [6.07, 6.45) is 1.00. The third kappa shape index (κ3) is 2.34. The highest BCUT2D eigenvalue weighted by Gasteiger charge is 2.17. The Bertz CT molecular complexity index is 658. The maximum Gasteiger partial charge on any atom is 0.259 e. The molecule has 1 aromatic carbocycles. The van der Waals surface area contributed by atoms with Gasteiger partial charge in [-0.25, -0.2) is 0 Å². The van der Waals surface area contributed by atoms with E-state index < -0.39 is 0 Å². The van der Waals surface area contributed by atoms with Gasteiger partial charge < -0.3 is 15.1 Å². The maximum atomic E-state index is 12.3. The molecule has 0 fully saturated rings. The van der Waals surface area contributed by atoms with Crippen molar-refractivity contribution in [1.82, 2.24) is 5.32 Å². The second kappa shape index (κ2) is 5.13. The fraction of sp³-hybridized carbons (Fsp3) is 0.312. The molecular weight excluding hydrogens is 252 g/mol. The molecule has 2 aromatic rings. The lowest BCUT2D eigenvalue weighted by molar-refractivity contribution is 0.102. The van der Waals surface area contributed by atoms with Gasteiger partial charge >= 0.3 is 0 Å². The van der Waals surface area contributed by atoms with E-state index >= 15 is 0 Å². The molecular formula is C16H18N2O2. The smallest absolute Gasteiger partial charge is 0.259 e. The molecule has 0 bridgehead atoms. The normalized spacial score (nSPS) is 13.9. The van der Waals surface area contributed by atoms with Crippen LogP contribution in [0, 0.1) is 13.8 Å². The molecule has 0 spiro atoms. The number of hydrogen-bond acceptors (Lipinski definition) is 3. The number of anilines is 1. The third-order valence-corrected chi connectivity index (χ3v) is 3.68. The van der Waals surface area contributed by atoms with Gasteiger partial charge in [0.1, 0.15) is 11.5 Å². The van der Waals surface area contributed by atoms with Gasteiger partial charge in [0.25, 0.3) is 5.91 Å². The average Bonchev–Trinajstić information content (AvgIpc) is 2.78. The Morgan fingerprint density at radius 1 is 1.35 bits per heavy atom. The lowest BCUT2D eigenvalue weighted by Crippen LogP contribution is -2.25. The number of nitrogens with one attached hydrogen (secondary N) is 2. The van der Waals surface area contributed by atoms with E-state index in [0.717, 1.165) is 31.0 Å². The SMILES string of the molecule is Cc1cc(C(=O)Nc2cccc3c2CNCC3)c(C)o1. The summed E-state index contributed by atoms with van der Waals surface area (Å²) in [6.45, 7) is 5.45. The lowest BCUT2D eigenvalue weighted by Gasteiger charge is -2.20. The first kappa shape index (κ1) is 12.9. The minimum atomic E-state index is -0.113. The van der Waals surface area contributed by atoms with Crippen molar-refractivity contribution in [3.8, 4) is 0 Å². The minimum Gasteiger partial charge on any atom is -0.466 e. The number of fused-ring (bicyclic) bond motifs is 1. The van der Waals surface area contributed by atoms with Crippen molar-refractivity contribution in [2.45, 2.75) is 26.8 Å². The van der Waals surface area contributed by atoms with E-state index in [4.69, 9.17) is 4.42 Å². The quantitative estimate of drug-likeness (QED) is 0.882. The summed E-state index contributed by atoms with van der Waals surface area (Å²) in [6, 6.07) is 7.84. The highest BCUT2D eigenvalue weighted by Crippen LogP contribution is 2.24. The standard InChI is InChI=1S/C16H18N2O2/c1-10-8-13(11(2)20-10)16(19)18-15-5-3-4-12-6-7-17-9-14(12)15/h3-5,8,17H,6-7,9H2,1-2H3,(H,18,19). The van der Waals surface area contributed by atoms with Crippen LogP contribution in [0.25, 0.3) is 0 Å². The molecule has 20 heavy (non-hydrogen) atoms. The Balaban J connectivity index is 1.88. The van der Waals surface area contributed by atoms with Crippen molar-refractivity contribution in [2.75, 3.05) is 11.9 Å². The molecule has 1 amide bonds. The predicted octanol–water partition coefficient (Wildman–Crippen LogP) is 2.79. The summed E-state index contributed by atoms with van der Waals surface area (Å²) in [5.74, 6) is 1.30. The van der Waals surface area contributed by atoms with Crippen LogP contribution in [-0.4, -0.2) is 12.5 Å². The van der Waals surface area contributed by atoms with Crippen LogP contribution < -0.4 is 10.6 Å². The Kier molecular flexibility index (Phi) is 3.32. The molecule has 0 unspecified atom stereocenters. The number of carbonyl (C=O) groups excluding carboxylic acids is 1. The zero-order valence-corrected chi connectivity index (χ0v) is 11.7. The summed E-state index contributed by atoms with van der Waals surface area (Å²) in [5.41, 5.74) is 3.98. The van der Waals surface area contributed by atoms with E-state index in [9.17, 15) is 4.79 Å². The Hall–Kier alpha value is -2.07. The molecule has 4 heteroatoms. The Morgan fingerprint density at radius 2 is 2.20 bits per heavy atom. The zero-order chi connectivity index (χ0) is 14.1. The highest BCUT2D eigenvalue weighted by atomic mass is 16.3. The molecule has 0 radical (unpaired) electrons. The van der Waals surface area contributed by atoms with Crippen LogP contribution in [0.3, 0.4) is 0 Å². The topological polar surface area (TPSA) is 54.3 Å². The zero-order valence-electron chi connectivity index (χ0n) is 11.7. The third-order valence-electron chi connectivity index (χ3n) is 3.68. The van der Waals surface area contributed by atoms with Crippen LogP contribution in [0.2, 0.25) is 0 Å². The van der Waals surface area contributed by atoms with Gasteiger partial charge in [0.05, 0.1) is 5.56 Å². The van der Waals surface area contributed by atoms with Crippen molar-refractivity contribution in [2.24, 2.45) is 0 Å². The Morgan fingerprint density at radius 3 is 2.95 bits per heavy atom. The molecule has 1 aromatic heterocycles. The van der Waals surface area contributed by atoms with E-state index in [1.54, 1.807) is 6.07 Å². The summed E-state index contributed by atoms with van der Waals surface area (Å²) in [5, 5.41) is 6.34. The first-order chi connectivity index (χ1) is 9.65. The number of rotatable bonds is 2. The molecule has 0 aliphatic carbocycles. The average molecular weight is 270 g/mol. The molecule has 1 aliphatic heterocycles. The van der Waals surface area contributed by atoms with Crippen molar-refractivity contribution in [1.29, 1.82) is 0 Å². The van der Waals surface area contributed by atoms with Crippen LogP contribution in [-0.2, 0) is 13.0 Å². The molecule has 0 saturated heterocycles. The van der Waals surface area contributed by atoms with E-state index in [-0.39, 0.29) is 5.91 Å². The van der Waals surface area contributed by atoms with E-state index in [2.05, 4.69) is 16.7 Å². The van der Waals surface area contributed by atoms with Crippen molar-refractivity contribution >= 4 is 11.6 Å². The van der Waals surface area contributed by atoms with Crippen LogP contribution in [0.4, 0.5) is 5.69 Å². The monoisotopic (exact) mass is 270 g/mol. The fourth-order valence-electron chi connectivity index (χ4n) is 2.68. The lowest BCUT2D eigenvalue weighted by atomic mass is 9.99. The molecule has 0 saturated carbocycles. The minimum absolute atomic E-state index is 0.113. The van der Waals surface area contributed by atoms with Gasteiger partial charge in [-0.05, 0) is 50.1 Å². The van der Waals surface area contributed by atoms with Gasteiger partial charge in [-0.3, -0.25) is 4.79 Å². The number of carbonyl (C=O) groups is 1. The van der Waals surface area contributed by atoms with Gasteiger partial charge in [0.2, 0.25) is 0 Å². The molecule has 2 N–H and O–H groups in total. The van der Waals surface area contributed by atoms with Crippen LogP contribution in [0.1, 0.15) is 33.0 Å². The van der Waals surface area contributed by atoms with Crippen molar-refractivity contribution < 1.29 is 9.21 Å². The maximum absolute atomic E-state index is 12.3. The molecule has 2 heterocycles. The number of aryl methyl sites for hydroxylation is 2. The van der Waals surface area contributed by atoms with Gasteiger partial charge in [-0.1, -0.05) is 12.1 Å². The second-order valence-electron chi connectivity index (χ2n) is 5.15. The summed E-state index contributed by atoms with van der Waals surface area (Å²) >= 11 is 0. The predicted molar refractivity (Wildman–Crippen MR) is 78.0 cm³/mol. The van der Waals surface area contributed by atoms with Gasteiger partial charge in [-0.2, -0.15) is 0 Å².